The maximum absolute atomic E-state index is 11.2. The molecule has 0 aliphatic heterocycles. The molecular formula is C11H11NO2. The molecule has 72 valence electrons. The highest BCUT2D eigenvalue weighted by molar-refractivity contribution is 5.97. The van der Waals surface area contributed by atoms with Gasteiger partial charge in [-0.3, -0.25) is 4.79 Å². The fourth-order valence-electron chi connectivity index (χ4n) is 1.35. The van der Waals surface area contributed by atoms with Gasteiger partial charge in [-0.2, -0.15) is 5.26 Å². The first kappa shape index (κ1) is 10.3. The molecule has 0 N–H and O–H groups in total. The lowest BCUT2D eigenvalue weighted by Crippen LogP contribution is -2.00. The number of nitriles is 1. The van der Waals surface area contributed by atoms with Crippen LogP contribution in [0.15, 0.2) is 12.1 Å². The van der Waals surface area contributed by atoms with Crippen molar-refractivity contribution in [1.29, 1.82) is 5.26 Å². The summed E-state index contributed by atoms with van der Waals surface area (Å²) in [7, 11) is 1.54. The summed E-state index contributed by atoms with van der Waals surface area (Å²) in [6, 6.07) is 5.34. The summed E-state index contributed by atoms with van der Waals surface area (Å²) >= 11 is 0. The van der Waals surface area contributed by atoms with E-state index in [-0.39, 0.29) is 5.78 Å². The van der Waals surface area contributed by atoms with Gasteiger partial charge < -0.3 is 4.74 Å². The van der Waals surface area contributed by atoms with Gasteiger partial charge in [-0.15, -0.1) is 0 Å². The molecule has 0 heterocycles. The Balaban J connectivity index is 3.45. The zero-order chi connectivity index (χ0) is 10.7. The molecule has 3 nitrogen and oxygen atoms in total. The quantitative estimate of drug-likeness (QED) is 0.669. The topological polar surface area (TPSA) is 50.1 Å². The minimum Gasteiger partial charge on any atom is -0.496 e. The molecule has 0 aromatic heterocycles. The van der Waals surface area contributed by atoms with E-state index in [2.05, 4.69) is 0 Å². The predicted octanol–water partition coefficient (Wildman–Crippen LogP) is 2.08. The maximum Gasteiger partial charge on any atom is 0.161 e. The van der Waals surface area contributed by atoms with Gasteiger partial charge in [-0.05, 0) is 26.0 Å². The first-order chi connectivity index (χ1) is 6.61. The number of ether oxygens (including phenoxy) is 1. The van der Waals surface area contributed by atoms with Crippen molar-refractivity contribution in [1.82, 2.24) is 0 Å². The Morgan fingerprint density at radius 1 is 1.50 bits per heavy atom. The zero-order valence-corrected chi connectivity index (χ0v) is 8.42. The van der Waals surface area contributed by atoms with Crippen LogP contribution in [0.25, 0.3) is 0 Å². The predicted molar refractivity (Wildman–Crippen MR) is 52.5 cm³/mol. The van der Waals surface area contributed by atoms with Crippen LogP contribution in [0.1, 0.15) is 28.4 Å². The molecule has 0 aliphatic rings. The van der Waals surface area contributed by atoms with Crippen LogP contribution in [0.4, 0.5) is 0 Å². The number of ketones is 1. The molecule has 0 amide bonds. The van der Waals surface area contributed by atoms with Gasteiger partial charge in [-0.1, -0.05) is 0 Å². The average molecular weight is 189 g/mol. The fourth-order valence-corrected chi connectivity index (χ4v) is 1.35. The van der Waals surface area contributed by atoms with Gasteiger partial charge in [0.25, 0.3) is 0 Å². The van der Waals surface area contributed by atoms with Crippen molar-refractivity contribution in [3.05, 3.63) is 28.8 Å². The van der Waals surface area contributed by atoms with E-state index in [1.54, 1.807) is 19.1 Å². The van der Waals surface area contributed by atoms with E-state index in [1.807, 2.05) is 6.07 Å². The van der Waals surface area contributed by atoms with E-state index in [0.717, 1.165) is 0 Å². The second kappa shape index (κ2) is 3.93. The van der Waals surface area contributed by atoms with Crippen LogP contribution in [-0.2, 0) is 0 Å². The van der Waals surface area contributed by atoms with Crippen LogP contribution in [0.5, 0.6) is 5.75 Å². The van der Waals surface area contributed by atoms with Crippen molar-refractivity contribution in [3.63, 3.8) is 0 Å². The maximum atomic E-state index is 11.2. The molecule has 0 fully saturated rings. The third kappa shape index (κ3) is 1.60. The average Bonchev–Trinajstić information content (AvgIpc) is 2.17. The molecule has 0 radical (unpaired) electrons. The summed E-state index contributed by atoms with van der Waals surface area (Å²) in [6.45, 7) is 3.21. The summed E-state index contributed by atoms with van der Waals surface area (Å²) in [6.07, 6.45) is 0. The van der Waals surface area contributed by atoms with Crippen LogP contribution in [0.3, 0.4) is 0 Å². The van der Waals surface area contributed by atoms with Gasteiger partial charge in [-0.25, -0.2) is 0 Å². The van der Waals surface area contributed by atoms with Crippen LogP contribution in [0.2, 0.25) is 0 Å². The highest BCUT2D eigenvalue weighted by Crippen LogP contribution is 2.24. The number of nitrogens with zero attached hydrogens (tertiary/aromatic N) is 1. The Kier molecular flexibility index (Phi) is 2.88. The molecule has 3 heteroatoms. The van der Waals surface area contributed by atoms with E-state index in [9.17, 15) is 4.79 Å². The zero-order valence-electron chi connectivity index (χ0n) is 8.42. The number of methoxy groups -OCH3 is 1. The molecule has 1 aromatic rings. The van der Waals surface area contributed by atoms with Gasteiger partial charge in [0.05, 0.1) is 12.7 Å². The van der Waals surface area contributed by atoms with Crippen molar-refractivity contribution in [2.24, 2.45) is 0 Å². The number of rotatable bonds is 2. The van der Waals surface area contributed by atoms with Crippen LogP contribution in [-0.4, -0.2) is 12.9 Å². The Labute approximate surface area is 82.9 Å². The minimum absolute atomic E-state index is 0.104. The number of hydrogen-bond acceptors (Lipinski definition) is 3. The molecule has 0 atom stereocenters. The lowest BCUT2D eigenvalue weighted by atomic mass is 9.99. The van der Waals surface area contributed by atoms with Crippen molar-refractivity contribution < 1.29 is 9.53 Å². The summed E-state index contributed by atoms with van der Waals surface area (Å²) in [5.41, 5.74) is 1.56. The van der Waals surface area contributed by atoms with Crippen LogP contribution < -0.4 is 4.74 Å². The van der Waals surface area contributed by atoms with Crippen molar-refractivity contribution in [3.8, 4) is 11.8 Å². The van der Waals surface area contributed by atoms with Crippen molar-refractivity contribution in [2.75, 3.05) is 7.11 Å². The molecule has 1 rings (SSSR count). The summed E-state index contributed by atoms with van der Waals surface area (Å²) < 4.78 is 5.06. The largest absolute Gasteiger partial charge is 0.496 e. The lowest BCUT2D eigenvalue weighted by molar-refractivity contribution is 0.101. The van der Waals surface area contributed by atoms with Gasteiger partial charge in [0.15, 0.2) is 5.78 Å². The van der Waals surface area contributed by atoms with Crippen molar-refractivity contribution >= 4 is 5.78 Å². The summed E-state index contributed by atoms with van der Waals surface area (Å²) in [5.74, 6) is 0.527. The molecule has 1 aromatic carbocycles. The van der Waals surface area contributed by atoms with Gasteiger partial charge in [0, 0.05) is 11.1 Å². The second-order valence-electron chi connectivity index (χ2n) is 2.98. The SMILES string of the molecule is COc1ccc(C(C)=O)c(C#N)c1C. The highest BCUT2D eigenvalue weighted by atomic mass is 16.5. The summed E-state index contributed by atoms with van der Waals surface area (Å²) in [4.78, 5) is 11.2. The van der Waals surface area contributed by atoms with Crippen LogP contribution in [0, 0.1) is 18.3 Å². The van der Waals surface area contributed by atoms with E-state index in [4.69, 9.17) is 10.00 Å². The van der Waals surface area contributed by atoms with Crippen molar-refractivity contribution in [2.45, 2.75) is 13.8 Å². The Hall–Kier alpha value is -1.82. The fraction of sp³-hybridized carbons (Fsp3) is 0.273. The molecule has 14 heavy (non-hydrogen) atoms. The number of carbonyl (C=O) groups excluding carboxylic acids is 1. The third-order valence-corrected chi connectivity index (χ3v) is 2.13. The molecule has 0 bridgehead atoms. The number of Topliss-reactive ketones (excluding diaryl/α,β-unsaturated/α-hetero) is 1. The normalized spacial score (nSPS) is 9.29. The monoisotopic (exact) mass is 189 g/mol. The third-order valence-electron chi connectivity index (χ3n) is 2.13. The number of carbonyl (C=O) groups is 1. The number of hydrogen-bond donors (Lipinski definition) is 0. The Morgan fingerprint density at radius 2 is 2.14 bits per heavy atom. The highest BCUT2D eigenvalue weighted by Gasteiger charge is 2.12. The minimum atomic E-state index is -0.104. The van der Waals surface area contributed by atoms with Crippen LogP contribution >= 0.6 is 0 Å². The van der Waals surface area contributed by atoms with Gasteiger partial charge in [0.1, 0.15) is 11.8 Å². The van der Waals surface area contributed by atoms with E-state index in [1.165, 1.54) is 14.0 Å². The first-order valence-corrected chi connectivity index (χ1v) is 4.20. The molecule has 0 saturated carbocycles. The van der Waals surface area contributed by atoms with E-state index < -0.39 is 0 Å². The Bertz CT molecular complexity index is 416. The number of benzene rings is 1. The van der Waals surface area contributed by atoms with Gasteiger partial charge >= 0.3 is 0 Å². The lowest BCUT2D eigenvalue weighted by Gasteiger charge is -2.08. The molecule has 0 spiro atoms. The molecule has 0 aliphatic carbocycles. The summed E-state index contributed by atoms with van der Waals surface area (Å²) in [5, 5.41) is 8.91. The Morgan fingerprint density at radius 3 is 2.57 bits per heavy atom. The van der Waals surface area contributed by atoms with Gasteiger partial charge in [0.2, 0.25) is 0 Å². The molecular weight excluding hydrogens is 178 g/mol. The standard InChI is InChI=1S/C11H11NO2/c1-7-10(6-12)9(8(2)13)4-5-11(7)14-3/h4-5H,1-3H3. The molecule has 0 saturated heterocycles. The molecule has 0 unspecified atom stereocenters. The smallest absolute Gasteiger partial charge is 0.161 e. The first-order valence-electron chi connectivity index (χ1n) is 4.20. The van der Waals surface area contributed by atoms with E-state index in [0.29, 0.717) is 22.4 Å². The second-order valence-corrected chi connectivity index (χ2v) is 2.98. The van der Waals surface area contributed by atoms with E-state index >= 15 is 0 Å².